The van der Waals surface area contributed by atoms with E-state index in [2.05, 4.69) is 52.8 Å². The number of benzene rings is 1. The second kappa shape index (κ2) is 6.80. The Morgan fingerprint density at radius 3 is 2.76 bits per heavy atom. The Morgan fingerprint density at radius 2 is 1.95 bits per heavy atom. The first-order valence-electron chi connectivity index (χ1n) is 8.61. The van der Waals surface area contributed by atoms with Gasteiger partial charge in [-0.3, -0.25) is 4.90 Å². The Bertz CT molecular complexity index is 456. The Morgan fingerprint density at radius 1 is 1.14 bits per heavy atom. The van der Waals surface area contributed by atoms with Crippen LogP contribution < -0.4 is 4.90 Å². The van der Waals surface area contributed by atoms with Gasteiger partial charge in [-0.1, -0.05) is 32.0 Å². The van der Waals surface area contributed by atoms with Gasteiger partial charge < -0.3 is 9.80 Å². The SMILES string of the molecule is CCN(CC)CCN1CCN2c3ccccc3CCC2C1. The van der Waals surface area contributed by atoms with Crippen molar-refractivity contribution in [2.75, 3.05) is 50.7 Å². The molecule has 1 aromatic rings. The first kappa shape index (κ1) is 14.9. The molecule has 2 aliphatic rings. The average molecular weight is 287 g/mol. The van der Waals surface area contributed by atoms with Crippen molar-refractivity contribution in [3.05, 3.63) is 29.8 Å². The van der Waals surface area contributed by atoms with Crippen LogP contribution in [0.3, 0.4) is 0 Å². The molecule has 0 spiro atoms. The van der Waals surface area contributed by atoms with Gasteiger partial charge >= 0.3 is 0 Å². The molecule has 2 aliphatic heterocycles. The lowest BCUT2D eigenvalue weighted by Crippen LogP contribution is -2.56. The van der Waals surface area contributed by atoms with Gasteiger partial charge in [-0.15, -0.1) is 0 Å². The first-order chi connectivity index (χ1) is 10.3. The third kappa shape index (κ3) is 3.24. The Hall–Kier alpha value is -1.06. The molecule has 1 saturated heterocycles. The van der Waals surface area contributed by atoms with Gasteiger partial charge in [0.15, 0.2) is 0 Å². The molecule has 21 heavy (non-hydrogen) atoms. The quantitative estimate of drug-likeness (QED) is 0.824. The summed E-state index contributed by atoms with van der Waals surface area (Å²) in [6.07, 6.45) is 2.57. The summed E-state index contributed by atoms with van der Waals surface area (Å²) in [6.45, 7) is 13.0. The molecule has 116 valence electrons. The van der Waals surface area contributed by atoms with Crippen molar-refractivity contribution < 1.29 is 0 Å². The van der Waals surface area contributed by atoms with Gasteiger partial charge in [-0.05, 0) is 37.6 Å². The highest BCUT2D eigenvalue weighted by atomic mass is 15.3. The van der Waals surface area contributed by atoms with E-state index in [0.717, 1.165) is 6.04 Å². The molecule has 0 aromatic heterocycles. The van der Waals surface area contributed by atoms with E-state index in [4.69, 9.17) is 0 Å². The van der Waals surface area contributed by atoms with Gasteiger partial charge in [0.05, 0.1) is 0 Å². The van der Waals surface area contributed by atoms with Crippen LogP contribution >= 0.6 is 0 Å². The second-order valence-electron chi connectivity index (χ2n) is 6.34. The fourth-order valence-corrected chi connectivity index (χ4v) is 3.83. The molecule has 0 bridgehead atoms. The summed E-state index contributed by atoms with van der Waals surface area (Å²) in [7, 11) is 0. The van der Waals surface area contributed by atoms with Crippen LogP contribution in [0.25, 0.3) is 0 Å². The van der Waals surface area contributed by atoms with Crippen LogP contribution in [-0.2, 0) is 6.42 Å². The lowest BCUT2D eigenvalue weighted by molar-refractivity contribution is 0.180. The van der Waals surface area contributed by atoms with E-state index >= 15 is 0 Å². The molecule has 0 aliphatic carbocycles. The van der Waals surface area contributed by atoms with Crippen LogP contribution in [0.1, 0.15) is 25.8 Å². The van der Waals surface area contributed by atoms with Gasteiger partial charge in [0.2, 0.25) is 0 Å². The topological polar surface area (TPSA) is 9.72 Å². The molecule has 3 heteroatoms. The van der Waals surface area contributed by atoms with Gasteiger partial charge in [0.1, 0.15) is 0 Å². The number of hydrogen-bond acceptors (Lipinski definition) is 3. The van der Waals surface area contributed by atoms with Crippen LogP contribution in [0.4, 0.5) is 5.69 Å². The summed E-state index contributed by atoms with van der Waals surface area (Å²) in [5.41, 5.74) is 3.04. The number of likely N-dealkylation sites (N-methyl/N-ethyl adjacent to an activating group) is 1. The normalized spacial score (nSPS) is 22.2. The van der Waals surface area contributed by atoms with Gasteiger partial charge in [0.25, 0.3) is 0 Å². The predicted molar refractivity (Wildman–Crippen MR) is 90.1 cm³/mol. The van der Waals surface area contributed by atoms with E-state index in [9.17, 15) is 0 Å². The van der Waals surface area contributed by atoms with E-state index in [1.165, 1.54) is 64.3 Å². The van der Waals surface area contributed by atoms with E-state index in [-0.39, 0.29) is 0 Å². The Labute approximate surface area is 129 Å². The number of anilines is 1. The second-order valence-corrected chi connectivity index (χ2v) is 6.34. The minimum absolute atomic E-state index is 0.727. The lowest BCUT2D eigenvalue weighted by Gasteiger charge is -2.46. The van der Waals surface area contributed by atoms with Gasteiger partial charge in [0, 0.05) is 44.5 Å². The lowest BCUT2D eigenvalue weighted by atomic mass is 9.94. The molecule has 0 radical (unpaired) electrons. The van der Waals surface area contributed by atoms with Crippen molar-refractivity contribution >= 4 is 5.69 Å². The number of rotatable bonds is 5. The maximum atomic E-state index is 2.67. The fraction of sp³-hybridized carbons (Fsp3) is 0.667. The maximum absolute atomic E-state index is 2.67. The molecule has 3 rings (SSSR count). The molecule has 1 atom stereocenters. The standard InChI is InChI=1S/C18H29N3/c1-3-19(4-2)11-12-20-13-14-21-17(15-20)10-9-16-7-5-6-8-18(16)21/h5-8,17H,3-4,9-15H2,1-2H3. The highest BCUT2D eigenvalue weighted by molar-refractivity contribution is 5.57. The monoisotopic (exact) mass is 287 g/mol. The molecule has 0 N–H and O–H groups in total. The molecule has 0 amide bonds. The van der Waals surface area contributed by atoms with E-state index in [1.54, 1.807) is 5.56 Å². The molecule has 1 fully saturated rings. The molecule has 0 saturated carbocycles. The minimum atomic E-state index is 0.727. The molecule has 3 nitrogen and oxygen atoms in total. The van der Waals surface area contributed by atoms with Crippen LogP contribution in [0.5, 0.6) is 0 Å². The zero-order valence-electron chi connectivity index (χ0n) is 13.6. The van der Waals surface area contributed by atoms with E-state index in [0.29, 0.717) is 0 Å². The zero-order valence-corrected chi connectivity index (χ0v) is 13.6. The fourth-order valence-electron chi connectivity index (χ4n) is 3.83. The summed E-state index contributed by atoms with van der Waals surface area (Å²) in [4.78, 5) is 7.86. The molecule has 1 aromatic carbocycles. The van der Waals surface area contributed by atoms with Crippen LogP contribution in [0, 0.1) is 0 Å². The minimum Gasteiger partial charge on any atom is -0.366 e. The number of piperazine rings is 1. The van der Waals surface area contributed by atoms with Crippen molar-refractivity contribution in [1.29, 1.82) is 0 Å². The van der Waals surface area contributed by atoms with Crippen molar-refractivity contribution in [3.8, 4) is 0 Å². The first-order valence-corrected chi connectivity index (χ1v) is 8.61. The number of nitrogens with zero attached hydrogens (tertiary/aromatic N) is 3. The highest BCUT2D eigenvalue weighted by Gasteiger charge is 2.31. The predicted octanol–water partition coefficient (Wildman–Crippen LogP) is 2.47. The van der Waals surface area contributed by atoms with Gasteiger partial charge in [-0.2, -0.15) is 0 Å². The zero-order chi connectivity index (χ0) is 14.7. The van der Waals surface area contributed by atoms with Crippen LogP contribution in [0.2, 0.25) is 0 Å². The number of hydrogen-bond donors (Lipinski definition) is 0. The maximum Gasteiger partial charge on any atom is 0.0420 e. The average Bonchev–Trinajstić information content (AvgIpc) is 2.55. The third-order valence-electron chi connectivity index (χ3n) is 5.24. The van der Waals surface area contributed by atoms with E-state index in [1.807, 2.05) is 0 Å². The molecule has 1 unspecified atom stereocenters. The highest BCUT2D eigenvalue weighted by Crippen LogP contribution is 2.32. The van der Waals surface area contributed by atoms with Crippen molar-refractivity contribution in [2.45, 2.75) is 32.7 Å². The number of para-hydroxylation sites is 1. The third-order valence-corrected chi connectivity index (χ3v) is 5.24. The Balaban J connectivity index is 1.58. The van der Waals surface area contributed by atoms with Crippen molar-refractivity contribution in [3.63, 3.8) is 0 Å². The van der Waals surface area contributed by atoms with Gasteiger partial charge in [-0.25, -0.2) is 0 Å². The van der Waals surface area contributed by atoms with Crippen LogP contribution in [-0.4, -0.2) is 61.7 Å². The smallest absolute Gasteiger partial charge is 0.0420 e. The number of fused-ring (bicyclic) bond motifs is 3. The summed E-state index contributed by atoms with van der Waals surface area (Å²) >= 11 is 0. The summed E-state index contributed by atoms with van der Waals surface area (Å²) in [6, 6.07) is 9.71. The number of aryl methyl sites for hydroxylation is 1. The molecule has 2 heterocycles. The largest absolute Gasteiger partial charge is 0.366 e. The van der Waals surface area contributed by atoms with Crippen LogP contribution in [0.15, 0.2) is 24.3 Å². The van der Waals surface area contributed by atoms with Crippen molar-refractivity contribution in [1.82, 2.24) is 9.80 Å². The molecular formula is C18H29N3. The Kier molecular flexibility index (Phi) is 4.81. The summed E-state index contributed by atoms with van der Waals surface area (Å²) < 4.78 is 0. The van der Waals surface area contributed by atoms with Crippen molar-refractivity contribution in [2.24, 2.45) is 0 Å². The molecular weight excluding hydrogens is 258 g/mol. The summed E-state index contributed by atoms with van der Waals surface area (Å²) in [5, 5.41) is 0. The summed E-state index contributed by atoms with van der Waals surface area (Å²) in [5.74, 6) is 0. The van der Waals surface area contributed by atoms with E-state index < -0.39 is 0 Å².